The third-order valence-corrected chi connectivity index (χ3v) is 5.85. The first-order valence-corrected chi connectivity index (χ1v) is 10.1. The highest BCUT2D eigenvalue weighted by Gasteiger charge is 2.24. The van der Waals surface area contributed by atoms with Crippen molar-refractivity contribution in [2.24, 2.45) is 0 Å². The lowest BCUT2D eigenvalue weighted by molar-refractivity contribution is 0.396. The average Bonchev–Trinajstić information content (AvgIpc) is 2.81. The van der Waals surface area contributed by atoms with Gasteiger partial charge in [0.25, 0.3) is 0 Å². The molecule has 138 valence electrons. The third-order valence-electron chi connectivity index (χ3n) is 5.85. The van der Waals surface area contributed by atoms with Crippen molar-refractivity contribution < 1.29 is 2.74 Å². The van der Waals surface area contributed by atoms with E-state index in [-0.39, 0.29) is 0 Å². The smallest absolute Gasteiger partial charge is 0.0704 e. The predicted octanol–water partition coefficient (Wildman–Crippen LogP) is 7.34. The lowest BCUT2D eigenvalue weighted by atomic mass is 9.76. The second-order valence-electron chi connectivity index (χ2n) is 7.56. The van der Waals surface area contributed by atoms with E-state index in [4.69, 9.17) is 1.37 Å². The molecule has 1 aromatic heterocycles. The van der Waals surface area contributed by atoms with Crippen LogP contribution in [-0.4, -0.2) is 4.98 Å². The van der Waals surface area contributed by atoms with Crippen LogP contribution >= 0.6 is 0 Å². The van der Waals surface area contributed by atoms with Gasteiger partial charge < -0.3 is 0 Å². The van der Waals surface area contributed by atoms with Crippen LogP contribution in [0.1, 0.15) is 51.3 Å². The van der Waals surface area contributed by atoms with Gasteiger partial charge in [0.2, 0.25) is 0 Å². The summed E-state index contributed by atoms with van der Waals surface area (Å²) in [6.07, 6.45) is 4.57. The molecule has 0 bridgehead atoms. The Hall–Kier alpha value is -2.93. The summed E-state index contributed by atoms with van der Waals surface area (Å²) in [6.45, 7) is 0. The number of benzene rings is 3. The molecule has 4 aromatic rings. The molecule has 0 saturated heterocycles. The average molecular weight is 366 g/mol. The van der Waals surface area contributed by atoms with Gasteiger partial charge >= 0.3 is 0 Å². The fraction of sp³-hybridized carbons (Fsp3) is 0.222. The van der Waals surface area contributed by atoms with E-state index in [0.717, 1.165) is 22.4 Å². The van der Waals surface area contributed by atoms with Crippen molar-refractivity contribution in [2.45, 2.75) is 37.5 Å². The van der Waals surface area contributed by atoms with E-state index in [1.807, 2.05) is 42.6 Å². The normalized spacial score (nSPS) is 25.9. The fourth-order valence-corrected chi connectivity index (χ4v) is 4.26. The maximum absolute atomic E-state index is 9.18. The van der Waals surface area contributed by atoms with Gasteiger partial charge in [0, 0.05) is 14.5 Å². The number of pyridine rings is 1. The zero-order valence-corrected chi connectivity index (χ0v) is 15.9. The molecule has 0 amide bonds. The molecule has 1 fully saturated rings. The molecule has 1 aliphatic rings. The van der Waals surface area contributed by atoms with Crippen molar-refractivity contribution in [3.8, 4) is 11.3 Å². The van der Waals surface area contributed by atoms with Crippen molar-refractivity contribution in [3.05, 3.63) is 102 Å². The summed E-state index contributed by atoms with van der Waals surface area (Å²) in [5.41, 5.74) is 4.07. The van der Waals surface area contributed by atoms with Crippen molar-refractivity contribution >= 4 is 10.8 Å². The summed E-state index contributed by atoms with van der Waals surface area (Å²) >= 11 is 0. The molecule has 0 unspecified atom stereocenters. The maximum atomic E-state index is 9.18. The van der Waals surface area contributed by atoms with Crippen LogP contribution in [0.3, 0.4) is 0 Å². The number of hydrogen-bond donors (Lipinski definition) is 0. The van der Waals surface area contributed by atoms with E-state index in [0.29, 0.717) is 25.7 Å². The van der Waals surface area contributed by atoms with Gasteiger partial charge in [-0.3, -0.25) is 4.98 Å². The highest BCUT2D eigenvalue weighted by Crippen LogP contribution is 2.41. The summed E-state index contributed by atoms with van der Waals surface area (Å²) in [4.78, 5) is 4.52. The number of rotatable bonds is 3. The number of hydrogen-bond acceptors (Lipinski definition) is 1. The molecule has 1 heterocycles. The first-order valence-electron chi connectivity index (χ1n) is 11.1. The van der Waals surface area contributed by atoms with Crippen LogP contribution in [0, 0.1) is 0 Å². The summed E-state index contributed by atoms with van der Waals surface area (Å²) in [6, 6.07) is 28.9. The number of nitrogens with zero attached hydrogens (tertiary/aromatic N) is 1. The van der Waals surface area contributed by atoms with E-state index >= 15 is 0 Å². The lowest BCUT2D eigenvalue weighted by Crippen LogP contribution is -2.12. The van der Waals surface area contributed by atoms with Gasteiger partial charge in [0.15, 0.2) is 0 Å². The van der Waals surface area contributed by atoms with Crippen LogP contribution < -0.4 is 0 Å². The van der Waals surface area contributed by atoms with E-state index < -0.39 is 11.8 Å². The Morgan fingerprint density at radius 2 is 1.29 bits per heavy atom. The second-order valence-corrected chi connectivity index (χ2v) is 7.56. The van der Waals surface area contributed by atoms with Gasteiger partial charge in [0.05, 0.1) is 5.69 Å². The Bertz CT molecular complexity index is 1180. The van der Waals surface area contributed by atoms with Crippen LogP contribution in [0.5, 0.6) is 0 Å². The largest absolute Gasteiger partial charge is 0.256 e. The Kier molecular flexibility index (Phi) is 4.08. The molecule has 0 radical (unpaired) electrons. The molecule has 0 spiro atoms. The van der Waals surface area contributed by atoms with Crippen molar-refractivity contribution in [1.82, 2.24) is 4.98 Å². The first-order chi connectivity index (χ1) is 14.6. The lowest BCUT2D eigenvalue weighted by Gasteiger charge is -2.29. The van der Waals surface area contributed by atoms with Crippen molar-refractivity contribution in [3.63, 3.8) is 0 Å². The minimum atomic E-state index is -0.659. The van der Waals surface area contributed by atoms with E-state index in [2.05, 4.69) is 53.5 Å². The Morgan fingerprint density at radius 3 is 2.04 bits per heavy atom. The SMILES string of the molecule is [2H]C1(c2ccnc(-c3ccccc3)c2)CCC([2H])(c2ccc3ccccc3c2)CC1. The monoisotopic (exact) mass is 365 g/mol. The zero-order valence-electron chi connectivity index (χ0n) is 17.9. The van der Waals surface area contributed by atoms with Crippen LogP contribution in [0.4, 0.5) is 0 Å². The van der Waals surface area contributed by atoms with Gasteiger partial charge in [-0.2, -0.15) is 0 Å². The molecular formula is C27H25N. The fourth-order valence-electron chi connectivity index (χ4n) is 4.26. The van der Waals surface area contributed by atoms with Gasteiger partial charge in [-0.05, 0) is 71.5 Å². The van der Waals surface area contributed by atoms with Gasteiger partial charge in [-0.15, -0.1) is 0 Å². The molecular weight excluding hydrogens is 338 g/mol. The minimum absolute atomic E-state index is 0.621. The van der Waals surface area contributed by atoms with Crippen LogP contribution in [0.2, 0.25) is 0 Å². The highest BCUT2D eigenvalue weighted by molar-refractivity contribution is 5.83. The van der Waals surface area contributed by atoms with E-state index in [1.165, 1.54) is 10.8 Å². The molecule has 0 aliphatic heterocycles. The summed E-state index contributed by atoms with van der Waals surface area (Å²) < 4.78 is 18.3. The van der Waals surface area contributed by atoms with E-state index in [1.54, 1.807) is 0 Å². The summed E-state index contributed by atoms with van der Waals surface area (Å²) in [5.74, 6) is -1.28. The molecule has 0 N–H and O–H groups in total. The zero-order chi connectivity index (χ0) is 20.6. The number of fused-ring (bicyclic) bond motifs is 1. The summed E-state index contributed by atoms with van der Waals surface area (Å²) in [5, 5.41) is 2.40. The topological polar surface area (TPSA) is 12.9 Å². The standard InChI is InChI=1S/C27H25N/c1-2-7-23(8-3-1)27-19-26(16-17-28-27)22-12-10-21(11-13-22)25-15-14-20-6-4-5-9-24(20)18-25/h1-9,14-19,21-22H,10-13H2/i21D,22D. The first kappa shape index (κ1) is 15.0. The van der Waals surface area contributed by atoms with Crippen LogP contribution in [0.15, 0.2) is 91.1 Å². The Balaban J connectivity index is 1.40. The van der Waals surface area contributed by atoms with E-state index in [9.17, 15) is 1.37 Å². The van der Waals surface area contributed by atoms with Gasteiger partial charge in [0.1, 0.15) is 0 Å². The minimum Gasteiger partial charge on any atom is -0.256 e. The van der Waals surface area contributed by atoms with Crippen molar-refractivity contribution in [2.75, 3.05) is 0 Å². The molecule has 0 atom stereocenters. The molecule has 1 saturated carbocycles. The third kappa shape index (κ3) is 3.45. The highest BCUT2D eigenvalue weighted by atomic mass is 14.7. The number of aromatic nitrogens is 1. The van der Waals surface area contributed by atoms with Crippen molar-refractivity contribution in [1.29, 1.82) is 0 Å². The molecule has 5 rings (SSSR count). The molecule has 1 heteroatoms. The Morgan fingerprint density at radius 1 is 0.643 bits per heavy atom. The quantitative estimate of drug-likeness (QED) is 0.370. The second kappa shape index (κ2) is 7.59. The Labute approximate surface area is 169 Å². The molecule has 1 aliphatic carbocycles. The maximum Gasteiger partial charge on any atom is 0.0704 e. The van der Waals surface area contributed by atoms with Crippen LogP contribution in [-0.2, 0) is 0 Å². The predicted molar refractivity (Wildman–Crippen MR) is 118 cm³/mol. The summed E-state index contributed by atoms with van der Waals surface area (Å²) in [7, 11) is 0. The van der Waals surface area contributed by atoms with Crippen LogP contribution in [0.25, 0.3) is 22.0 Å². The molecule has 1 nitrogen and oxygen atoms in total. The molecule has 3 aromatic carbocycles. The van der Waals surface area contributed by atoms with Gasteiger partial charge in [-0.25, -0.2) is 0 Å². The molecule has 28 heavy (non-hydrogen) atoms. The van der Waals surface area contributed by atoms with Gasteiger partial charge in [-0.1, -0.05) is 72.8 Å².